The molecule has 2 heterocycles. The fourth-order valence-electron chi connectivity index (χ4n) is 4.69. The van der Waals surface area contributed by atoms with Crippen molar-refractivity contribution in [3.05, 3.63) is 23.3 Å². The third-order valence-corrected chi connectivity index (χ3v) is 9.48. The van der Waals surface area contributed by atoms with Crippen LogP contribution in [-0.4, -0.2) is 27.5 Å². The summed E-state index contributed by atoms with van der Waals surface area (Å²) in [5.74, 6) is 4.38. The Hall–Kier alpha value is -0.520. The van der Waals surface area contributed by atoms with Gasteiger partial charge in [-0.1, -0.05) is 33.6 Å². The first-order chi connectivity index (χ1) is 12.0. The van der Waals surface area contributed by atoms with Gasteiger partial charge in [0, 0.05) is 11.3 Å². The predicted octanol–water partition coefficient (Wildman–Crippen LogP) is 5.33. The van der Waals surface area contributed by atoms with Gasteiger partial charge in [-0.15, -0.1) is 23.5 Å². The van der Waals surface area contributed by atoms with Gasteiger partial charge in [-0.3, -0.25) is 0 Å². The van der Waals surface area contributed by atoms with E-state index < -0.39 is 6.10 Å². The lowest BCUT2D eigenvalue weighted by Gasteiger charge is -2.47. The molecule has 1 aromatic carbocycles. The minimum atomic E-state index is -0.455. The van der Waals surface area contributed by atoms with E-state index in [-0.39, 0.29) is 16.3 Å². The normalized spacial score (nSPS) is 28.8. The minimum absolute atomic E-state index is 0.150. The third-order valence-electron chi connectivity index (χ3n) is 5.93. The summed E-state index contributed by atoms with van der Waals surface area (Å²) in [7, 11) is 0. The van der Waals surface area contributed by atoms with Crippen molar-refractivity contribution < 1.29 is 14.6 Å². The van der Waals surface area contributed by atoms with Crippen LogP contribution in [-0.2, 0) is 0 Å². The van der Waals surface area contributed by atoms with Crippen LogP contribution in [0.4, 0.5) is 0 Å². The molecule has 3 aliphatic rings. The van der Waals surface area contributed by atoms with E-state index in [2.05, 4.69) is 50.4 Å². The Morgan fingerprint density at radius 3 is 2.40 bits per heavy atom. The second-order valence-corrected chi connectivity index (χ2v) is 11.1. The topological polar surface area (TPSA) is 38.7 Å². The van der Waals surface area contributed by atoms with E-state index in [0.29, 0.717) is 5.92 Å². The van der Waals surface area contributed by atoms with Crippen LogP contribution < -0.4 is 9.47 Å². The Morgan fingerprint density at radius 2 is 1.76 bits per heavy atom. The summed E-state index contributed by atoms with van der Waals surface area (Å²) < 4.78 is 11.4. The van der Waals surface area contributed by atoms with Crippen molar-refractivity contribution in [2.24, 2.45) is 5.41 Å². The van der Waals surface area contributed by atoms with Gasteiger partial charge in [0.05, 0.1) is 10.2 Å². The Kier molecular flexibility index (Phi) is 4.70. The van der Waals surface area contributed by atoms with Crippen molar-refractivity contribution in [2.75, 3.05) is 18.3 Å². The van der Waals surface area contributed by atoms with E-state index in [1.54, 1.807) is 0 Å². The highest BCUT2D eigenvalue weighted by molar-refractivity contribution is 8.18. The van der Waals surface area contributed by atoms with Gasteiger partial charge in [-0.25, -0.2) is 0 Å². The molecule has 1 aromatic rings. The average Bonchev–Trinajstić information content (AvgIpc) is 3.13. The Bertz CT molecular complexity index is 653. The number of hydrogen-bond donors (Lipinski definition) is 1. The van der Waals surface area contributed by atoms with Crippen molar-refractivity contribution in [2.45, 2.75) is 62.6 Å². The Balaban J connectivity index is 1.82. The lowest BCUT2D eigenvalue weighted by molar-refractivity contribution is 0.0450. The van der Waals surface area contributed by atoms with Crippen molar-refractivity contribution in [1.29, 1.82) is 0 Å². The van der Waals surface area contributed by atoms with Crippen LogP contribution in [0.25, 0.3) is 0 Å². The molecule has 4 rings (SSSR count). The summed E-state index contributed by atoms with van der Waals surface area (Å²) in [6.45, 7) is 7.02. The van der Waals surface area contributed by atoms with E-state index in [4.69, 9.17) is 9.47 Å². The maximum atomic E-state index is 11.2. The fraction of sp³-hybridized carbons (Fsp3) is 0.700. The maximum absolute atomic E-state index is 11.2. The van der Waals surface area contributed by atoms with Gasteiger partial charge in [-0.05, 0) is 47.6 Å². The Labute approximate surface area is 159 Å². The fourth-order valence-corrected chi connectivity index (χ4v) is 8.75. The van der Waals surface area contributed by atoms with Gasteiger partial charge in [0.1, 0.15) is 0 Å². The summed E-state index contributed by atoms with van der Waals surface area (Å²) in [6, 6.07) is 4.18. The predicted molar refractivity (Wildman–Crippen MR) is 106 cm³/mol. The lowest BCUT2D eigenvalue weighted by atomic mass is 9.75. The zero-order chi connectivity index (χ0) is 17.7. The average molecular weight is 381 g/mol. The molecule has 5 heteroatoms. The number of ether oxygens (including phenoxy) is 2. The second kappa shape index (κ2) is 6.58. The van der Waals surface area contributed by atoms with E-state index in [1.807, 2.05) is 6.07 Å². The highest BCUT2D eigenvalue weighted by Gasteiger charge is 2.57. The van der Waals surface area contributed by atoms with Gasteiger partial charge < -0.3 is 14.6 Å². The van der Waals surface area contributed by atoms with Gasteiger partial charge >= 0.3 is 0 Å². The molecule has 1 N–H and O–H groups in total. The zero-order valence-corrected chi connectivity index (χ0v) is 17.0. The zero-order valence-electron chi connectivity index (χ0n) is 15.3. The van der Waals surface area contributed by atoms with E-state index >= 15 is 0 Å². The van der Waals surface area contributed by atoms with Crippen LogP contribution in [0.5, 0.6) is 11.5 Å². The van der Waals surface area contributed by atoms with E-state index in [9.17, 15) is 5.11 Å². The van der Waals surface area contributed by atoms with Gasteiger partial charge in [0.2, 0.25) is 6.79 Å². The van der Waals surface area contributed by atoms with E-state index in [1.165, 1.54) is 42.8 Å². The monoisotopic (exact) mass is 380 g/mol. The molecule has 1 saturated heterocycles. The van der Waals surface area contributed by atoms with Gasteiger partial charge in [0.25, 0.3) is 0 Å². The van der Waals surface area contributed by atoms with Crippen LogP contribution in [0.1, 0.15) is 69.6 Å². The highest BCUT2D eigenvalue weighted by Crippen LogP contribution is 2.67. The molecule has 0 spiro atoms. The van der Waals surface area contributed by atoms with Crippen LogP contribution in [0.15, 0.2) is 12.1 Å². The van der Waals surface area contributed by atoms with Gasteiger partial charge in [-0.2, -0.15) is 0 Å². The number of unbranched alkanes of at least 4 members (excludes halogenated alkanes) is 1. The summed E-state index contributed by atoms with van der Waals surface area (Å²) in [4.78, 5) is 0. The van der Waals surface area contributed by atoms with Crippen molar-refractivity contribution >= 4 is 23.5 Å². The largest absolute Gasteiger partial charge is 0.454 e. The molecule has 1 fully saturated rings. The molecule has 2 atom stereocenters. The first-order valence-electron chi connectivity index (χ1n) is 9.39. The lowest BCUT2D eigenvalue weighted by Crippen LogP contribution is -2.40. The number of thioether (sulfide) groups is 2. The molecule has 0 unspecified atom stereocenters. The number of hydrogen-bond acceptors (Lipinski definition) is 5. The standard InChI is InChI=1S/C20H28O3S2/c1-4-5-7-20(24-8-6-9-25-20)17-13-10-15-16(23-12-22-15)11-14(13)18(21)19(17,2)3/h10-11,17-18,21H,4-9,12H2,1-3H3/t17-,18-/m1/s1. The van der Waals surface area contributed by atoms with Crippen LogP contribution >= 0.6 is 23.5 Å². The molecule has 0 bridgehead atoms. The second-order valence-electron chi connectivity index (χ2n) is 7.96. The Morgan fingerprint density at radius 1 is 1.12 bits per heavy atom. The van der Waals surface area contributed by atoms with Crippen molar-refractivity contribution in [1.82, 2.24) is 0 Å². The summed E-state index contributed by atoms with van der Waals surface area (Å²) in [5.41, 5.74) is 2.13. The summed E-state index contributed by atoms with van der Waals surface area (Å²) in [6.07, 6.45) is 4.49. The molecule has 138 valence electrons. The van der Waals surface area contributed by atoms with Crippen LogP contribution in [0.3, 0.4) is 0 Å². The number of aliphatic hydroxyl groups excluding tert-OH is 1. The molecule has 1 aliphatic carbocycles. The first kappa shape index (κ1) is 17.9. The third kappa shape index (κ3) is 2.78. The van der Waals surface area contributed by atoms with Crippen LogP contribution in [0, 0.1) is 5.41 Å². The SMILES string of the molecule is CCCCC1([C@@H]2c3cc4c(cc3[C@@H](O)C2(C)C)OCO4)SCCCS1. The summed E-state index contributed by atoms with van der Waals surface area (Å²) in [5, 5.41) is 11.2. The maximum Gasteiger partial charge on any atom is 0.231 e. The molecule has 0 aromatic heterocycles. The molecule has 0 amide bonds. The van der Waals surface area contributed by atoms with Gasteiger partial charge in [0.15, 0.2) is 11.5 Å². The quantitative estimate of drug-likeness (QED) is 0.764. The molecule has 2 aliphatic heterocycles. The smallest absolute Gasteiger partial charge is 0.231 e. The molecular formula is C20H28O3S2. The highest BCUT2D eigenvalue weighted by atomic mass is 32.2. The number of aliphatic hydroxyl groups is 1. The minimum Gasteiger partial charge on any atom is -0.454 e. The molecule has 0 saturated carbocycles. The van der Waals surface area contributed by atoms with Crippen LogP contribution in [0.2, 0.25) is 0 Å². The number of rotatable bonds is 4. The molecule has 25 heavy (non-hydrogen) atoms. The van der Waals surface area contributed by atoms with Crippen molar-refractivity contribution in [3.8, 4) is 11.5 Å². The van der Waals surface area contributed by atoms with E-state index in [0.717, 1.165) is 17.1 Å². The molecule has 3 nitrogen and oxygen atoms in total. The van der Waals surface area contributed by atoms with Crippen molar-refractivity contribution in [3.63, 3.8) is 0 Å². The molecule has 0 radical (unpaired) electrons. The molecular weight excluding hydrogens is 352 g/mol. The number of fused-ring (bicyclic) bond motifs is 2. The number of benzene rings is 1. The first-order valence-corrected chi connectivity index (χ1v) is 11.4. The summed E-state index contributed by atoms with van der Waals surface area (Å²) >= 11 is 4.26.